The Morgan fingerprint density at radius 2 is 1.57 bits per heavy atom. The molecule has 0 unspecified atom stereocenters. The monoisotopic (exact) mass is 501 g/mol. The average molecular weight is 502 g/mol. The number of alkyl halides is 1. The van der Waals surface area contributed by atoms with E-state index in [-0.39, 0.29) is 35.5 Å². The fraction of sp³-hybridized carbons (Fsp3) is 0.440. The minimum Gasteiger partial charge on any atom is -0.382 e. The molecule has 2 aromatic rings. The van der Waals surface area contributed by atoms with Crippen LogP contribution in [0, 0.1) is 4.91 Å². The lowest BCUT2D eigenvalue weighted by Crippen LogP contribution is -2.50. The lowest BCUT2D eigenvalue weighted by molar-refractivity contribution is -0.141. The van der Waals surface area contributed by atoms with Gasteiger partial charge in [0.2, 0.25) is 11.8 Å². The number of rotatable bonds is 7. The zero-order valence-corrected chi connectivity index (χ0v) is 20.2. The van der Waals surface area contributed by atoms with Crippen molar-refractivity contribution in [1.29, 1.82) is 0 Å². The zero-order chi connectivity index (χ0) is 24.8. The lowest BCUT2D eigenvalue weighted by atomic mass is 10.0. The Kier molecular flexibility index (Phi) is 8.17. The van der Waals surface area contributed by atoms with Crippen molar-refractivity contribution < 1.29 is 14.0 Å². The molecule has 0 aliphatic carbocycles. The number of piperidine rings is 1. The molecule has 2 amide bonds. The number of hydrogen-bond donors (Lipinski definition) is 1. The van der Waals surface area contributed by atoms with Gasteiger partial charge in [0.1, 0.15) is 18.8 Å². The quantitative estimate of drug-likeness (QED) is 0.450. The Balaban J connectivity index is 1.21. The third-order valence-electron chi connectivity index (χ3n) is 6.67. The molecule has 35 heavy (non-hydrogen) atoms. The summed E-state index contributed by atoms with van der Waals surface area (Å²) in [6.07, 6.45) is 1.33. The van der Waals surface area contributed by atoms with E-state index in [4.69, 9.17) is 11.6 Å². The average Bonchev–Trinajstić information content (AvgIpc) is 2.89. The third kappa shape index (κ3) is 6.28. The molecule has 4 rings (SSSR count). The van der Waals surface area contributed by atoms with Gasteiger partial charge in [0.05, 0.1) is 0 Å². The summed E-state index contributed by atoms with van der Waals surface area (Å²) in [5, 5.41) is 6.87. The number of piperazine rings is 1. The van der Waals surface area contributed by atoms with Crippen LogP contribution in [0.5, 0.6) is 0 Å². The van der Waals surface area contributed by atoms with E-state index in [1.165, 1.54) is 6.07 Å². The number of amides is 2. The van der Waals surface area contributed by atoms with Crippen LogP contribution in [0.2, 0.25) is 5.02 Å². The molecule has 10 heteroatoms. The molecule has 0 bridgehead atoms. The number of benzene rings is 2. The number of hydrogen-bond acceptors (Lipinski definition) is 6. The van der Waals surface area contributed by atoms with Crippen LogP contribution >= 0.6 is 11.6 Å². The Labute approximate surface area is 209 Å². The minimum atomic E-state index is -0.756. The number of nitroso groups, excluding NO2 is 1. The van der Waals surface area contributed by atoms with Gasteiger partial charge in [-0.2, -0.15) is 0 Å². The summed E-state index contributed by atoms with van der Waals surface area (Å²) < 4.78 is 13.1. The number of anilines is 2. The Morgan fingerprint density at radius 1 is 0.943 bits per heavy atom. The largest absolute Gasteiger partial charge is 0.382 e. The Bertz CT molecular complexity index is 1050. The highest BCUT2D eigenvalue weighted by molar-refractivity contribution is 6.30. The van der Waals surface area contributed by atoms with Crippen LogP contribution in [-0.2, 0) is 16.3 Å². The van der Waals surface area contributed by atoms with Crippen LogP contribution in [0.4, 0.5) is 21.5 Å². The molecule has 2 aliphatic heterocycles. The summed E-state index contributed by atoms with van der Waals surface area (Å²) in [7, 11) is 0. The van der Waals surface area contributed by atoms with Crippen molar-refractivity contribution in [1.82, 2.24) is 9.80 Å². The number of nitrogens with zero attached hydrogens (tertiary/aromatic N) is 4. The standard InChI is InChI=1S/C25H29ClFN5O3/c26-19-1-4-22(5-2-19)30-11-13-32(14-12-30)25(34)16-24(33)31-9-7-20(8-10-31)28-21-3-6-23(29-35)18(15-21)17-27/h1-6,15,20,28H,7-14,16-17H2. The number of halogens is 2. The van der Waals surface area contributed by atoms with Crippen molar-refractivity contribution in [3.8, 4) is 0 Å². The van der Waals surface area contributed by atoms with Gasteiger partial charge in [-0.15, -0.1) is 4.91 Å². The Morgan fingerprint density at radius 3 is 2.17 bits per heavy atom. The van der Waals surface area contributed by atoms with E-state index in [2.05, 4.69) is 15.4 Å². The third-order valence-corrected chi connectivity index (χ3v) is 6.92. The summed E-state index contributed by atoms with van der Waals surface area (Å²) in [6, 6.07) is 12.6. The summed E-state index contributed by atoms with van der Waals surface area (Å²) in [6.45, 7) is 2.95. The van der Waals surface area contributed by atoms with E-state index in [0.29, 0.717) is 44.3 Å². The molecule has 0 radical (unpaired) electrons. The van der Waals surface area contributed by atoms with Gasteiger partial charge in [0.25, 0.3) is 0 Å². The minimum absolute atomic E-state index is 0.106. The molecule has 2 saturated heterocycles. The van der Waals surface area contributed by atoms with Crippen molar-refractivity contribution in [2.24, 2.45) is 5.18 Å². The molecular weight excluding hydrogens is 473 g/mol. The fourth-order valence-corrected chi connectivity index (χ4v) is 4.73. The summed E-state index contributed by atoms with van der Waals surface area (Å²) in [5.74, 6) is -0.275. The van der Waals surface area contributed by atoms with Gasteiger partial charge < -0.3 is 20.0 Å². The van der Waals surface area contributed by atoms with Gasteiger partial charge in [0, 0.05) is 67.3 Å². The maximum absolute atomic E-state index is 13.1. The Hall–Kier alpha value is -3.20. The van der Waals surface area contributed by atoms with E-state index in [1.807, 2.05) is 24.3 Å². The molecule has 8 nitrogen and oxygen atoms in total. The molecular formula is C25H29ClFN5O3. The van der Waals surface area contributed by atoms with Gasteiger partial charge in [-0.1, -0.05) is 11.6 Å². The van der Waals surface area contributed by atoms with Crippen LogP contribution < -0.4 is 10.2 Å². The van der Waals surface area contributed by atoms with E-state index in [9.17, 15) is 18.9 Å². The van der Waals surface area contributed by atoms with Crippen LogP contribution in [-0.4, -0.2) is 66.9 Å². The number of carbonyl (C=O) groups excluding carboxylic acids is 2. The first-order valence-electron chi connectivity index (χ1n) is 11.8. The maximum Gasteiger partial charge on any atom is 0.232 e. The second-order valence-corrected chi connectivity index (χ2v) is 9.33. The topological polar surface area (TPSA) is 85.3 Å². The second-order valence-electron chi connectivity index (χ2n) is 8.89. The van der Waals surface area contributed by atoms with Crippen molar-refractivity contribution >= 4 is 40.5 Å². The highest BCUT2D eigenvalue weighted by Gasteiger charge is 2.27. The van der Waals surface area contributed by atoms with Crippen molar-refractivity contribution in [2.45, 2.75) is 32.0 Å². The highest BCUT2D eigenvalue weighted by Crippen LogP contribution is 2.26. The molecule has 1 N–H and O–H groups in total. The first kappa shape index (κ1) is 24.9. The van der Waals surface area contributed by atoms with E-state index in [1.54, 1.807) is 21.9 Å². The van der Waals surface area contributed by atoms with Crippen LogP contribution in [0.1, 0.15) is 24.8 Å². The molecule has 2 aromatic carbocycles. The van der Waals surface area contributed by atoms with Crippen LogP contribution in [0.25, 0.3) is 0 Å². The molecule has 2 aliphatic rings. The maximum atomic E-state index is 13.1. The molecule has 0 atom stereocenters. The predicted molar refractivity (Wildman–Crippen MR) is 135 cm³/mol. The van der Waals surface area contributed by atoms with Crippen molar-refractivity contribution in [2.75, 3.05) is 49.5 Å². The fourth-order valence-electron chi connectivity index (χ4n) is 4.60. The molecule has 186 valence electrons. The van der Waals surface area contributed by atoms with Crippen molar-refractivity contribution in [3.63, 3.8) is 0 Å². The predicted octanol–water partition coefficient (Wildman–Crippen LogP) is 4.35. The molecule has 0 aromatic heterocycles. The highest BCUT2D eigenvalue weighted by atomic mass is 35.5. The van der Waals surface area contributed by atoms with E-state index < -0.39 is 6.67 Å². The summed E-state index contributed by atoms with van der Waals surface area (Å²) in [5.41, 5.74) is 2.16. The van der Waals surface area contributed by atoms with Crippen LogP contribution in [0.15, 0.2) is 47.6 Å². The van der Waals surface area contributed by atoms with Crippen molar-refractivity contribution in [3.05, 3.63) is 58.0 Å². The van der Waals surface area contributed by atoms with Gasteiger partial charge in [-0.3, -0.25) is 9.59 Å². The molecule has 0 spiro atoms. The number of nitrogens with one attached hydrogen (secondary N) is 1. The number of carbonyl (C=O) groups is 2. The molecule has 2 heterocycles. The zero-order valence-electron chi connectivity index (χ0n) is 19.5. The van der Waals surface area contributed by atoms with E-state index in [0.717, 1.165) is 24.2 Å². The van der Waals surface area contributed by atoms with Gasteiger partial charge in [-0.05, 0) is 60.5 Å². The van der Waals surface area contributed by atoms with E-state index >= 15 is 0 Å². The SMILES string of the molecule is O=Nc1ccc(NC2CCN(C(=O)CC(=O)N3CCN(c4ccc(Cl)cc4)CC3)CC2)cc1CF. The summed E-state index contributed by atoms with van der Waals surface area (Å²) in [4.78, 5) is 41.9. The molecule has 0 saturated carbocycles. The van der Waals surface area contributed by atoms with Gasteiger partial charge in [0.15, 0.2) is 0 Å². The first-order chi connectivity index (χ1) is 17.0. The molecule has 2 fully saturated rings. The van der Waals surface area contributed by atoms with Crippen LogP contribution in [0.3, 0.4) is 0 Å². The van der Waals surface area contributed by atoms with Gasteiger partial charge >= 0.3 is 0 Å². The van der Waals surface area contributed by atoms with Gasteiger partial charge in [-0.25, -0.2) is 4.39 Å². The second kappa shape index (κ2) is 11.5. The lowest BCUT2D eigenvalue weighted by Gasteiger charge is -2.37. The summed E-state index contributed by atoms with van der Waals surface area (Å²) >= 11 is 5.96. The smallest absolute Gasteiger partial charge is 0.232 e. The number of likely N-dealkylation sites (tertiary alicyclic amines) is 1. The first-order valence-corrected chi connectivity index (χ1v) is 12.2. The normalized spacial score (nSPS) is 16.8.